The zero-order chi connectivity index (χ0) is 12.5. The van der Waals surface area contributed by atoms with Crippen LogP contribution in [0.15, 0.2) is 0 Å². The third kappa shape index (κ3) is 2.54. The Kier molecular flexibility index (Phi) is 3.57. The quantitative estimate of drug-likeness (QED) is 0.771. The summed E-state index contributed by atoms with van der Waals surface area (Å²) in [5.41, 5.74) is 0. The minimum absolute atomic E-state index is 0.356. The summed E-state index contributed by atoms with van der Waals surface area (Å²) < 4.78 is 0. The Labute approximate surface area is 110 Å². The van der Waals surface area contributed by atoms with Gasteiger partial charge in [0.05, 0.1) is 6.54 Å². The number of rotatable bonds is 2. The molecule has 102 valence electrons. The molecule has 0 saturated carbocycles. The van der Waals surface area contributed by atoms with Crippen molar-refractivity contribution < 1.29 is 4.79 Å². The van der Waals surface area contributed by atoms with Crippen molar-refractivity contribution in [3.05, 3.63) is 0 Å². The highest BCUT2D eigenvalue weighted by Crippen LogP contribution is 2.26. The number of carbonyl (C=O) groups excluding carboxylic acids is 1. The summed E-state index contributed by atoms with van der Waals surface area (Å²) in [6.45, 7) is 9.43. The Balaban J connectivity index is 1.47. The first-order chi connectivity index (χ1) is 8.72. The van der Waals surface area contributed by atoms with Crippen LogP contribution in [0.2, 0.25) is 0 Å². The van der Waals surface area contributed by atoms with Crippen LogP contribution in [0.1, 0.15) is 19.8 Å². The Bertz CT molecular complexity index is 300. The molecule has 0 bridgehead atoms. The first-order valence-corrected chi connectivity index (χ1v) is 7.43. The van der Waals surface area contributed by atoms with Crippen molar-refractivity contribution in [1.82, 2.24) is 15.1 Å². The van der Waals surface area contributed by atoms with Gasteiger partial charge in [0.1, 0.15) is 0 Å². The normalized spacial score (nSPS) is 33.9. The molecule has 3 rings (SSSR count). The molecule has 1 amide bonds. The highest BCUT2D eigenvalue weighted by molar-refractivity contribution is 5.78. The second kappa shape index (κ2) is 5.17. The summed E-state index contributed by atoms with van der Waals surface area (Å²) in [6.07, 6.45) is 2.36. The van der Waals surface area contributed by atoms with E-state index in [1.165, 1.54) is 12.8 Å². The summed E-state index contributed by atoms with van der Waals surface area (Å²) >= 11 is 0. The molecule has 3 heterocycles. The lowest BCUT2D eigenvalue weighted by molar-refractivity contribution is -0.133. The Morgan fingerprint density at radius 1 is 1.17 bits per heavy atom. The predicted molar refractivity (Wildman–Crippen MR) is 71.3 cm³/mol. The van der Waals surface area contributed by atoms with Gasteiger partial charge in [-0.3, -0.25) is 9.69 Å². The molecule has 0 aromatic heterocycles. The summed E-state index contributed by atoms with van der Waals surface area (Å²) in [5.74, 6) is 2.74. The van der Waals surface area contributed by atoms with E-state index in [0.717, 1.165) is 57.0 Å². The van der Waals surface area contributed by atoms with Gasteiger partial charge in [0.15, 0.2) is 0 Å². The van der Waals surface area contributed by atoms with Crippen molar-refractivity contribution in [3.8, 4) is 0 Å². The highest BCUT2D eigenvalue weighted by Gasteiger charge is 2.37. The highest BCUT2D eigenvalue weighted by atomic mass is 16.2. The van der Waals surface area contributed by atoms with E-state index in [0.29, 0.717) is 12.5 Å². The molecule has 0 radical (unpaired) electrons. The number of amides is 1. The molecule has 4 heteroatoms. The average molecular weight is 251 g/mol. The summed E-state index contributed by atoms with van der Waals surface area (Å²) in [7, 11) is 0. The van der Waals surface area contributed by atoms with Crippen LogP contribution in [0, 0.1) is 17.8 Å². The van der Waals surface area contributed by atoms with Crippen LogP contribution in [0.4, 0.5) is 0 Å². The van der Waals surface area contributed by atoms with Crippen molar-refractivity contribution in [2.75, 3.05) is 45.8 Å². The smallest absolute Gasteiger partial charge is 0.236 e. The van der Waals surface area contributed by atoms with Gasteiger partial charge in [0.2, 0.25) is 5.91 Å². The first kappa shape index (κ1) is 12.4. The molecule has 18 heavy (non-hydrogen) atoms. The minimum Gasteiger partial charge on any atom is -0.342 e. The molecule has 4 nitrogen and oxygen atoms in total. The number of hydrogen-bond donors (Lipinski definition) is 1. The van der Waals surface area contributed by atoms with Gasteiger partial charge in [0.25, 0.3) is 0 Å². The molecule has 1 N–H and O–H groups in total. The average Bonchev–Trinajstić information content (AvgIpc) is 2.90. The zero-order valence-electron chi connectivity index (χ0n) is 11.4. The van der Waals surface area contributed by atoms with Crippen LogP contribution >= 0.6 is 0 Å². The molecule has 3 aliphatic rings. The van der Waals surface area contributed by atoms with E-state index in [2.05, 4.69) is 22.0 Å². The van der Waals surface area contributed by atoms with Gasteiger partial charge in [-0.1, -0.05) is 6.92 Å². The largest absolute Gasteiger partial charge is 0.342 e. The maximum absolute atomic E-state index is 12.2. The second-order valence-electron chi connectivity index (χ2n) is 6.44. The predicted octanol–water partition coefficient (Wildman–Crippen LogP) is 0.396. The third-order valence-corrected chi connectivity index (χ3v) is 4.96. The van der Waals surface area contributed by atoms with E-state index < -0.39 is 0 Å². The number of likely N-dealkylation sites (tertiary alicyclic amines) is 2. The first-order valence-electron chi connectivity index (χ1n) is 7.43. The second-order valence-corrected chi connectivity index (χ2v) is 6.44. The maximum Gasteiger partial charge on any atom is 0.236 e. The lowest BCUT2D eigenvalue weighted by Crippen LogP contribution is -2.43. The van der Waals surface area contributed by atoms with E-state index in [1.54, 1.807) is 0 Å². The van der Waals surface area contributed by atoms with Crippen LogP contribution in [-0.4, -0.2) is 61.5 Å². The van der Waals surface area contributed by atoms with Gasteiger partial charge in [-0.15, -0.1) is 0 Å². The van der Waals surface area contributed by atoms with Gasteiger partial charge in [-0.2, -0.15) is 0 Å². The third-order valence-electron chi connectivity index (χ3n) is 4.96. The molecule has 3 fully saturated rings. The van der Waals surface area contributed by atoms with Gasteiger partial charge in [0, 0.05) is 26.2 Å². The summed E-state index contributed by atoms with van der Waals surface area (Å²) in [6, 6.07) is 0. The number of nitrogens with zero attached hydrogens (tertiary/aromatic N) is 2. The van der Waals surface area contributed by atoms with E-state index >= 15 is 0 Å². The SMILES string of the molecule is CC1CCN(C(=O)CN2CC3CNCC3C2)CC1. The standard InChI is InChI=1S/C14H25N3O/c1-11-2-4-17(5-3-11)14(18)10-16-8-12-6-15-7-13(12)9-16/h11-13,15H,2-10H2,1H3. The van der Waals surface area contributed by atoms with Gasteiger partial charge in [-0.25, -0.2) is 0 Å². The Morgan fingerprint density at radius 3 is 2.39 bits per heavy atom. The number of nitrogens with one attached hydrogen (secondary N) is 1. The van der Waals surface area contributed by atoms with Crippen LogP contribution < -0.4 is 5.32 Å². The molecular formula is C14H25N3O. The molecular weight excluding hydrogens is 226 g/mol. The summed E-state index contributed by atoms with van der Waals surface area (Å²) in [5, 5.41) is 3.44. The number of carbonyl (C=O) groups is 1. The van der Waals surface area contributed by atoms with Crippen molar-refractivity contribution in [1.29, 1.82) is 0 Å². The Morgan fingerprint density at radius 2 is 1.78 bits per heavy atom. The molecule has 0 aromatic rings. The van der Waals surface area contributed by atoms with Gasteiger partial charge in [-0.05, 0) is 43.7 Å². The minimum atomic E-state index is 0.356. The fraction of sp³-hybridized carbons (Fsp3) is 0.929. The number of fused-ring (bicyclic) bond motifs is 1. The molecule has 3 saturated heterocycles. The van der Waals surface area contributed by atoms with Crippen molar-refractivity contribution >= 4 is 5.91 Å². The molecule has 0 aromatic carbocycles. The van der Waals surface area contributed by atoms with Gasteiger partial charge >= 0.3 is 0 Å². The molecule has 0 aliphatic carbocycles. The monoisotopic (exact) mass is 251 g/mol. The zero-order valence-corrected chi connectivity index (χ0v) is 11.4. The van der Waals surface area contributed by atoms with E-state index in [4.69, 9.17) is 0 Å². The van der Waals surface area contributed by atoms with Crippen LogP contribution in [0.5, 0.6) is 0 Å². The van der Waals surface area contributed by atoms with Crippen LogP contribution in [0.25, 0.3) is 0 Å². The molecule has 2 atom stereocenters. The van der Waals surface area contributed by atoms with Crippen molar-refractivity contribution in [2.45, 2.75) is 19.8 Å². The lowest BCUT2D eigenvalue weighted by Gasteiger charge is -2.31. The molecule has 2 unspecified atom stereocenters. The van der Waals surface area contributed by atoms with Crippen molar-refractivity contribution in [2.24, 2.45) is 17.8 Å². The van der Waals surface area contributed by atoms with E-state index in [-0.39, 0.29) is 0 Å². The summed E-state index contributed by atoms with van der Waals surface area (Å²) in [4.78, 5) is 16.7. The molecule has 0 spiro atoms. The van der Waals surface area contributed by atoms with E-state index in [1.807, 2.05) is 0 Å². The fourth-order valence-electron chi connectivity index (χ4n) is 3.63. The fourth-order valence-corrected chi connectivity index (χ4v) is 3.63. The van der Waals surface area contributed by atoms with Crippen LogP contribution in [-0.2, 0) is 4.79 Å². The van der Waals surface area contributed by atoms with Crippen LogP contribution in [0.3, 0.4) is 0 Å². The Hall–Kier alpha value is -0.610. The lowest BCUT2D eigenvalue weighted by atomic mass is 9.99. The maximum atomic E-state index is 12.2. The topological polar surface area (TPSA) is 35.6 Å². The van der Waals surface area contributed by atoms with E-state index in [9.17, 15) is 4.79 Å². The van der Waals surface area contributed by atoms with Gasteiger partial charge < -0.3 is 10.2 Å². The number of hydrogen-bond acceptors (Lipinski definition) is 3. The molecule has 3 aliphatic heterocycles. The van der Waals surface area contributed by atoms with Crippen molar-refractivity contribution in [3.63, 3.8) is 0 Å². The number of piperidine rings is 1.